The van der Waals surface area contributed by atoms with Crippen LogP contribution < -0.4 is 14.8 Å². The van der Waals surface area contributed by atoms with Crippen molar-refractivity contribution in [1.82, 2.24) is 9.71 Å². The van der Waals surface area contributed by atoms with Crippen molar-refractivity contribution in [1.29, 1.82) is 0 Å². The summed E-state index contributed by atoms with van der Waals surface area (Å²) in [6, 6.07) is 11.1. The zero-order chi connectivity index (χ0) is 25.0. The van der Waals surface area contributed by atoms with Gasteiger partial charge >= 0.3 is 0 Å². The minimum atomic E-state index is -3.61. The van der Waals surface area contributed by atoms with Crippen molar-refractivity contribution in [2.45, 2.75) is 38.0 Å². The van der Waals surface area contributed by atoms with Crippen LogP contribution >= 0.6 is 34.3 Å². The Kier molecular flexibility index (Phi) is 8.34. The van der Waals surface area contributed by atoms with Gasteiger partial charge < -0.3 is 10.1 Å². The summed E-state index contributed by atoms with van der Waals surface area (Å²) < 4.78 is 34.4. The van der Waals surface area contributed by atoms with E-state index in [1.165, 1.54) is 27.6 Å². The van der Waals surface area contributed by atoms with Crippen LogP contribution in [0.2, 0.25) is 5.02 Å². The summed E-state index contributed by atoms with van der Waals surface area (Å²) in [6.45, 7) is 5.14. The van der Waals surface area contributed by atoms with Gasteiger partial charge in [-0.25, -0.2) is 18.1 Å². The number of hydrogen-bond acceptors (Lipinski definition) is 7. The third kappa shape index (κ3) is 6.16. The molecule has 0 aliphatic rings. The zero-order valence-corrected chi connectivity index (χ0v) is 23.1. The highest BCUT2D eigenvalue weighted by atomic mass is 35.5. The third-order valence-corrected chi connectivity index (χ3v) is 9.48. The number of thiazole rings is 1. The summed E-state index contributed by atoms with van der Waals surface area (Å²) in [4.78, 5) is 6.11. The molecule has 0 saturated heterocycles. The molecule has 0 aliphatic heterocycles. The van der Waals surface area contributed by atoms with Gasteiger partial charge in [-0.3, -0.25) is 0 Å². The number of aryl methyl sites for hydroxylation is 2. The molecule has 2 aromatic carbocycles. The van der Waals surface area contributed by atoms with Crippen LogP contribution in [-0.4, -0.2) is 33.6 Å². The number of sulfonamides is 1. The molecule has 186 valence electrons. The number of benzene rings is 2. The Morgan fingerprint density at radius 3 is 2.66 bits per heavy atom. The molecule has 2 N–H and O–H groups in total. The van der Waals surface area contributed by atoms with E-state index >= 15 is 0 Å². The van der Waals surface area contributed by atoms with Crippen molar-refractivity contribution >= 4 is 59.5 Å². The maximum atomic E-state index is 12.6. The van der Waals surface area contributed by atoms with E-state index in [0.29, 0.717) is 12.3 Å². The number of methoxy groups -OCH3 is 1. The van der Waals surface area contributed by atoms with Crippen LogP contribution in [0.25, 0.3) is 20.7 Å². The molecule has 6 nitrogen and oxygen atoms in total. The minimum absolute atomic E-state index is 0.179. The topological polar surface area (TPSA) is 80.3 Å². The minimum Gasteiger partial charge on any atom is -0.495 e. The second kappa shape index (κ2) is 11.3. The lowest BCUT2D eigenvalue weighted by atomic mass is 10.1. The van der Waals surface area contributed by atoms with E-state index < -0.39 is 10.0 Å². The van der Waals surface area contributed by atoms with Crippen LogP contribution in [0.1, 0.15) is 30.4 Å². The van der Waals surface area contributed by atoms with Crippen LogP contribution in [0.5, 0.6) is 5.75 Å². The predicted molar refractivity (Wildman–Crippen MR) is 148 cm³/mol. The lowest BCUT2D eigenvalue weighted by Gasteiger charge is -2.11. The lowest BCUT2D eigenvalue weighted by Crippen LogP contribution is -2.25. The molecule has 0 spiro atoms. The largest absolute Gasteiger partial charge is 0.495 e. The number of nitrogens with one attached hydrogen (secondary N) is 2. The number of nitrogens with zero attached hydrogens (tertiary/aromatic N) is 1. The van der Waals surface area contributed by atoms with Gasteiger partial charge in [0.1, 0.15) is 10.6 Å². The maximum absolute atomic E-state index is 12.6. The van der Waals surface area contributed by atoms with E-state index in [2.05, 4.69) is 28.4 Å². The summed E-state index contributed by atoms with van der Waals surface area (Å²) in [6.07, 6.45) is 2.57. The summed E-state index contributed by atoms with van der Waals surface area (Å²) in [7, 11) is -2.13. The lowest BCUT2D eigenvalue weighted by molar-refractivity contribution is 0.402. The molecule has 35 heavy (non-hydrogen) atoms. The molecule has 4 rings (SSSR count). The average molecular weight is 550 g/mol. The van der Waals surface area contributed by atoms with E-state index in [4.69, 9.17) is 21.3 Å². The first-order valence-electron chi connectivity index (χ1n) is 11.3. The molecule has 0 aliphatic carbocycles. The SMILES string of the molecule is COc1ccc(C)cc1S(=O)(=O)NCCCCCNc1nc(-c2sc3ccc(Cl)cc3c2C)cs1. The molecule has 0 bridgehead atoms. The van der Waals surface area contributed by atoms with Crippen LogP contribution in [-0.2, 0) is 10.0 Å². The standard InChI is InChI=1S/C25H28ClN3O3S3/c1-16-7-9-21(32-3)23(13-16)35(30,31)28-12-6-4-5-11-27-25-29-20(15-33-25)24-17(2)19-14-18(26)8-10-22(19)34-24/h7-10,13-15,28H,4-6,11-12H2,1-3H3,(H,27,29). The van der Waals surface area contributed by atoms with Crippen molar-refractivity contribution < 1.29 is 13.2 Å². The number of unbranched alkanes of at least 4 members (excludes halogenated alkanes) is 2. The molecule has 2 aromatic heterocycles. The van der Waals surface area contributed by atoms with Gasteiger partial charge in [-0.1, -0.05) is 24.1 Å². The normalized spacial score (nSPS) is 11.8. The average Bonchev–Trinajstić information content (AvgIpc) is 3.43. The fraction of sp³-hybridized carbons (Fsp3) is 0.320. The number of rotatable bonds is 11. The molecule has 0 atom stereocenters. The Hall–Kier alpha value is -2.17. The number of fused-ring (bicyclic) bond motifs is 1. The maximum Gasteiger partial charge on any atom is 0.244 e. The highest BCUT2D eigenvalue weighted by molar-refractivity contribution is 7.89. The summed E-state index contributed by atoms with van der Waals surface area (Å²) in [5.41, 5.74) is 3.05. The molecule has 0 unspecified atom stereocenters. The number of aromatic nitrogens is 1. The first kappa shape index (κ1) is 25.9. The first-order valence-corrected chi connectivity index (χ1v) is 14.9. The van der Waals surface area contributed by atoms with Crippen LogP contribution in [0, 0.1) is 13.8 Å². The quantitative estimate of drug-likeness (QED) is 0.200. The molecular formula is C25H28ClN3O3S3. The Morgan fingerprint density at radius 1 is 1.06 bits per heavy atom. The van der Waals surface area contributed by atoms with Crippen LogP contribution in [0.4, 0.5) is 5.13 Å². The van der Waals surface area contributed by atoms with Crippen molar-refractivity contribution in [3.8, 4) is 16.3 Å². The monoisotopic (exact) mass is 549 g/mol. The van der Waals surface area contributed by atoms with Gasteiger partial charge in [-0.15, -0.1) is 22.7 Å². The van der Waals surface area contributed by atoms with Gasteiger partial charge in [-0.2, -0.15) is 0 Å². The molecule has 0 saturated carbocycles. The van der Waals surface area contributed by atoms with Crippen LogP contribution in [0.15, 0.2) is 46.7 Å². The van der Waals surface area contributed by atoms with Crippen LogP contribution in [0.3, 0.4) is 0 Å². The zero-order valence-electron chi connectivity index (χ0n) is 19.9. The molecule has 0 radical (unpaired) electrons. The molecule has 10 heteroatoms. The summed E-state index contributed by atoms with van der Waals surface area (Å²) in [5.74, 6) is 0.352. The number of halogens is 1. The fourth-order valence-electron chi connectivity index (χ4n) is 3.80. The molecule has 0 fully saturated rings. The second-order valence-corrected chi connectivity index (χ2v) is 12.4. The van der Waals surface area contributed by atoms with E-state index in [9.17, 15) is 8.42 Å². The second-order valence-electron chi connectivity index (χ2n) is 8.27. The number of anilines is 1. The highest BCUT2D eigenvalue weighted by Crippen LogP contribution is 2.40. The highest BCUT2D eigenvalue weighted by Gasteiger charge is 2.19. The van der Waals surface area contributed by atoms with Crippen molar-refractivity contribution in [3.63, 3.8) is 0 Å². The Bertz CT molecular complexity index is 1430. The Labute approximate surface area is 219 Å². The smallest absolute Gasteiger partial charge is 0.244 e. The molecular weight excluding hydrogens is 522 g/mol. The summed E-state index contributed by atoms with van der Waals surface area (Å²) in [5, 5.41) is 8.28. The van der Waals surface area contributed by atoms with Crippen molar-refractivity contribution in [2.24, 2.45) is 0 Å². The van der Waals surface area contributed by atoms with Gasteiger partial charge in [0.2, 0.25) is 10.0 Å². The number of thiophene rings is 1. The van der Waals surface area contributed by atoms with Gasteiger partial charge in [0.25, 0.3) is 0 Å². The first-order chi connectivity index (χ1) is 16.8. The van der Waals surface area contributed by atoms with Gasteiger partial charge in [0, 0.05) is 28.2 Å². The predicted octanol–water partition coefficient (Wildman–Crippen LogP) is 6.86. The molecule has 2 heterocycles. The van der Waals surface area contributed by atoms with E-state index in [-0.39, 0.29) is 4.90 Å². The van der Waals surface area contributed by atoms with E-state index in [0.717, 1.165) is 47.2 Å². The number of hydrogen-bond donors (Lipinski definition) is 2. The molecule has 0 amide bonds. The Balaban J connectivity index is 1.23. The van der Waals surface area contributed by atoms with Crippen molar-refractivity contribution in [3.05, 3.63) is 57.9 Å². The Morgan fingerprint density at radius 2 is 1.86 bits per heavy atom. The third-order valence-electron chi connectivity index (χ3n) is 5.67. The van der Waals surface area contributed by atoms with E-state index in [1.54, 1.807) is 34.8 Å². The fourth-order valence-corrected chi connectivity index (χ4v) is 7.25. The van der Waals surface area contributed by atoms with E-state index in [1.807, 2.05) is 25.1 Å². The van der Waals surface area contributed by atoms with Gasteiger partial charge in [0.15, 0.2) is 5.13 Å². The van der Waals surface area contributed by atoms with Gasteiger partial charge in [-0.05, 0) is 73.5 Å². The van der Waals surface area contributed by atoms with Crippen molar-refractivity contribution in [2.75, 3.05) is 25.5 Å². The molecule has 4 aromatic rings. The summed E-state index contributed by atoms with van der Waals surface area (Å²) >= 11 is 9.49. The van der Waals surface area contributed by atoms with Gasteiger partial charge in [0.05, 0.1) is 17.7 Å². The number of ether oxygens (including phenoxy) is 1.